The Morgan fingerprint density at radius 3 is 2.79 bits per heavy atom. The average molecular weight is 270 g/mol. The summed E-state index contributed by atoms with van der Waals surface area (Å²) < 4.78 is 0. The van der Waals surface area contributed by atoms with Crippen molar-refractivity contribution in [3.05, 3.63) is 48.2 Å². The molecule has 1 aromatic carbocycles. The van der Waals surface area contributed by atoms with Crippen LogP contribution in [0.15, 0.2) is 47.6 Å². The highest BCUT2D eigenvalue weighted by Crippen LogP contribution is 2.45. The molecule has 19 heavy (non-hydrogen) atoms. The number of anilines is 2. The van der Waals surface area contributed by atoms with Gasteiger partial charge in [-0.05, 0) is 37.1 Å². The third-order valence-electron chi connectivity index (χ3n) is 3.51. The number of benzene rings is 1. The molecule has 2 aromatic rings. The third kappa shape index (κ3) is 1.73. The van der Waals surface area contributed by atoms with Crippen LogP contribution >= 0.6 is 11.6 Å². The van der Waals surface area contributed by atoms with Gasteiger partial charge in [-0.2, -0.15) is 0 Å². The zero-order valence-corrected chi connectivity index (χ0v) is 11.0. The van der Waals surface area contributed by atoms with E-state index in [2.05, 4.69) is 20.9 Å². The molecule has 4 heteroatoms. The summed E-state index contributed by atoms with van der Waals surface area (Å²) in [5, 5.41) is 0.513. The Kier molecular flexibility index (Phi) is 2.35. The molecular formula is C15H12ClN3. The molecular weight excluding hydrogens is 258 g/mol. The Balaban J connectivity index is 2.02. The average Bonchev–Trinajstić information content (AvgIpc) is 3.26. The Morgan fingerprint density at radius 2 is 1.95 bits per heavy atom. The van der Waals surface area contributed by atoms with Gasteiger partial charge in [-0.15, -0.1) is 0 Å². The van der Waals surface area contributed by atoms with Crippen molar-refractivity contribution in [3.8, 4) is 0 Å². The fourth-order valence-corrected chi connectivity index (χ4v) is 2.73. The lowest BCUT2D eigenvalue weighted by Gasteiger charge is -2.24. The summed E-state index contributed by atoms with van der Waals surface area (Å²) in [6.07, 6.45) is 4.20. The first kappa shape index (κ1) is 11.0. The molecule has 1 aromatic heterocycles. The van der Waals surface area contributed by atoms with E-state index in [-0.39, 0.29) is 0 Å². The van der Waals surface area contributed by atoms with Gasteiger partial charge in [0.25, 0.3) is 0 Å². The van der Waals surface area contributed by atoms with E-state index in [1.54, 1.807) is 0 Å². The summed E-state index contributed by atoms with van der Waals surface area (Å²) >= 11 is 6.35. The number of rotatable bonds is 1. The van der Waals surface area contributed by atoms with Crippen molar-refractivity contribution in [2.45, 2.75) is 18.9 Å². The number of fused-ring (bicyclic) bond motifs is 2. The second-order valence-electron chi connectivity index (χ2n) is 4.87. The van der Waals surface area contributed by atoms with Gasteiger partial charge in [0.1, 0.15) is 11.0 Å². The molecule has 3 nitrogen and oxygen atoms in total. The van der Waals surface area contributed by atoms with Crippen LogP contribution in [-0.4, -0.2) is 16.2 Å². The van der Waals surface area contributed by atoms with Crippen LogP contribution in [0.5, 0.6) is 0 Å². The normalized spacial score (nSPS) is 17.3. The van der Waals surface area contributed by atoms with Crippen molar-refractivity contribution in [3.63, 3.8) is 0 Å². The molecule has 94 valence electrons. The van der Waals surface area contributed by atoms with Crippen LogP contribution in [0.25, 0.3) is 0 Å². The predicted molar refractivity (Wildman–Crippen MR) is 77.9 cm³/mol. The Hall–Kier alpha value is -1.87. The second-order valence-corrected chi connectivity index (χ2v) is 5.23. The largest absolute Gasteiger partial charge is 0.321 e. The molecule has 1 fully saturated rings. The Bertz CT molecular complexity index is 677. The first-order valence-corrected chi connectivity index (χ1v) is 6.80. The van der Waals surface area contributed by atoms with E-state index in [1.807, 2.05) is 36.5 Å². The quantitative estimate of drug-likeness (QED) is 0.782. The predicted octanol–water partition coefficient (Wildman–Crippen LogP) is 4.01. The monoisotopic (exact) mass is 269 g/mol. The zero-order valence-electron chi connectivity index (χ0n) is 10.3. The standard InChI is InChI=1S/C15H12ClN3/c16-14-11-4-3-9-17-15(11)19(10-7-8-10)13-6-2-1-5-12(13)18-14/h1-6,9-10H,7-8H2. The van der Waals surface area contributed by atoms with E-state index in [0.29, 0.717) is 11.2 Å². The van der Waals surface area contributed by atoms with Crippen LogP contribution < -0.4 is 4.90 Å². The Labute approximate surface area is 116 Å². The van der Waals surface area contributed by atoms with Crippen molar-refractivity contribution in [2.75, 3.05) is 4.90 Å². The second kappa shape index (κ2) is 4.07. The van der Waals surface area contributed by atoms with E-state index in [0.717, 1.165) is 22.8 Å². The van der Waals surface area contributed by atoms with Crippen LogP contribution in [0, 0.1) is 0 Å². The van der Waals surface area contributed by atoms with Crippen molar-refractivity contribution in [2.24, 2.45) is 4.99 Å². The fraction of sp³-hybridized carbons (Fsp3) is 0.200. The van der Waals surface area contributed by atoms with E-state index < -0.39 is 0 Å². The van der Waals surface area contributed by atoms with Gasteiger partial charge in [0, 0.05) is 12.2 Å². The van der Waals surface area contributed by atoms with Gasteiger partial charge in [0.15, 0.2) is 0 Å². The molecule has 0 atom stereocenters. The third-order valence-corrected chi connectivity index (χ3v) is 3.80. The summed E-state index contributed by atoms with van der Waals surface area (Å²) in [6, 6.07) is 12.5. The molecule has 1 aliphatic carbocycles. The number of aromatic nitrogens is 1. The van der Waals surface area contributed by atoms with Gasteiger partial charge >= 0.3 is 0 Å². The van der Waals surface area contributed by atoms with Gasteiger partial charge in [-0.3, -0.25) is 0 Å². The van der Waals surface area contributed by atoms with Crippen LogP contribution in [0.4, 0.5) is 17.2 Å². The molecule has 2 heterocycles. The number of hydrogen-bond acceptors (Lipinski definition) is 3. The van der Waals surface area contributed by atoms with Crippen LogP contribution in [0.3, 0.4) is 0 Å². The molecule has 1 aliphatic heterocycles. The highest BCUT2D eigenvalue weighted by Gasteiger charge is 2.35. The number of pyridine rings is 1. The number of aliphatic imine (C=N–C) groups is 1. The molecule has 4 rings (SSSR count). The van der Waals surface area contributed by atoms with Crippen molar-refractivity contribution in [1.82, 2.24) is 4.98 Å². The molecule has 0 spiro atoms. The fourth-order valence-electron chi connectivity index (χ4n) is 2.49. The molecule has 2 aliphatic rings. The summed E-state index contributed by atoms with van der Waals surface area (Å²) in [7, 11) is 0. The number of para-hydroxylation sites is 2. The lowest BCUT2D eigenvalue weighted by atomic mass is 10.2. The van der Waals surface area contributed by atoms with Gasteiger partial charge in [-0.25, -0.2) is 9.98 Å². The Morgan fingerprint density at radius 1 is 1.11 bits per heavy atom. The van der Waals surface area contributed by atoms with Crippen molar-refractivity contribution in [1.29, 1.82) is 0 Å². The topological polar surface area (TPSA) is 28.5 Å². The number of hydrogen-bond donors (Lipinski definition) is 0. The van der Waals surface area contributed by atoms with Crippen LogP contribution in [0.2, 0.25) is 0 Å². The van der Waals surface area contributed by atoms with Crippen molar-refractivity contribution < 1.29 is 0 Å². The molecule has 0 saturated heterocycles. The van der Waals surface area contributed by atoms with E-state index in [9.17, 15) is 0 Å². The molecule has 1 saturated carbocycles. The van der Waals surface area contributed by atoms with Gasteiger partial charge in [-0.1, -0.05) is 23.7 Å². The summed E-state index contributed by atoms with van der Waals surface area (Å²) in [5.41, 5.74) is 2.92. The first-order chi connectivity index (χ1) is 9.34. The molecule has 0 amide bonds. The smallest absolute Gasteiger partial charge is 0.143 e. The minimum Gasteiger partial charge on any atom is -0.321 e. The first-order valence-electron chi connectivity index (χ1n) is 6.42. The lowest BCUT2D eigenvalue weighted by molar-refractivity contribution is 0.943. The maximum Gasteiger partial charge on any atom is 0.143 e. The minimum absolute atomic E-state index is 0.513. The maximum absolute atomic E-state index is 6.35. The highest BCUT2D eigenvalue weighted by molar-refractivity contribution is 6.70. The minimum atomic E-state index is 0.513. The molecule has 0 unspecified atom stereocenters. The van der Waals surface area contributed by atoms with Crippen LogP contribution in [0.1, 0.15) is 18.4 Å². The van der Waals surface area contributed by atoms with Gasteiger partial charge < -0.3 is 4.90 Å². The van der Waals surface area contributed by atoms with Crippen LogP contribution in [-0.2, 0) is 0 Å². The number of nitrogens with zero attached hydrogens (tertiary/aromatic N) is 3. The summed E-state index contributed by atoms with van der Waals surface area (Å²) in [4.78, 5) is 11.4. The number of halogens is 1. The summed E-state index contributed by atoms with van der Waals surface area (Å²) in [6.45, 7) is 0. The zero-order chi connectivity index (χ0) is 12.8. The van der Waals surface area contributed by atoms with Gasteiger partial charge in [0.2, 0.25) is 0 Å². The van der Waals surface area contributed by atoms with E-state index in [4.69, 9.17) is 11.6 Å². The summed E-state index contributed by atoms with van der Waals surface area (Å²) in [5.74, 6) is 0.920. The molecule has 0 radical (unpaired) electrons. The van der Waals surface area contributed by atoms with Crippen molar-refractivity contribution >= 4 is 34.0 Å². The SMILES string of the molecule is ClC1=Nc2ccccc2N(C2CC2)c2ncccc21. The molecule has 0 N–H and O–H groups in total. The molecule has 0 bridgehead atoms. The van der Waals surface area contributed by atoms with E-state index in [1.165, 1.54) is 12.8 Å². The maximum atomic E-state index is 6.35. The highest BCUT2D eigenvalue weighted by atomic mass is 35.5. The van der Waals surface area contributed by atoms with Gasteiger partial charge in [0.05, 0.1) is 16.9 Å². The lowest BCUT2D eigenvalue weighted by Crippen LogP contribution is -2.21. The van der Waals surface area contributed by atoms with E-state index >= 15 is 0 Å².